The predicted octanol–water partition coefficient (Wildman–Crippen LogP) is 5.20. The summed E-state index contributed by atoms with van der Waals surface area (Å²) >= 11 is 0. The van der Waals surface area contributed by atoms with Gasteiger partial charge in [-0.2, -0.15) is 0 Å². The lowest BCUT2D eigenvalue weighted by atomic mass is 10.0. The lowest BCUT2D eigenvalue weighted by molar-refractivity contribution is -0.274. The van der Waals surface area contributed by atoms with Crippen molar-refractivity contribution in [1.29, 1.82) is 0 Å². The largest absolute Gasteiger partial charge is 0.573 e. The van der Waals surface area contributed by atoms with Crippen LogP contribution in [0, 0.1) is 0 Å². The van der Waals surface area contributed by atoms with Crippen molar-refractivity contribution < 1.29 is 27.2 Å². The Morgan fingerprint density at radius 3 is 2.60 bits per heavy atom. The molecule has 1 aliphatic rings. The fourth-order valence-corrected chi connectivity index (χ4v) is 2.83. The highest BCUT2D eigenvalue weighted by molar-refractivity contribution is 6.31. The molecule has 0 amide bonds. The van der Waals surface area contributed by atoms with Gasteiger partial charge in [0.2, 0.25) is 0 Å². The zero-order valence-electron chi connectivity index (χ0n) is 15.8. The molecule has 0 saturated heterocycles. The van der Waals surface area contributed by atoms with E-state index in [1.807, 2.05) is 6.92 Å². The number of aliphatic imine (C=N–C) groups is 2. The van der Waals surface area contributed by atoms with E-state index >= 15 is 0 Å². The van der Waals surface area contributed by atoms with Crippen LogP contribution < -0.4 is 9.47 Å². The number of nitrogens with zero attached hydrogens (tertiary/aromatic N) is 3. The van der Waals surface area contributed by atoms with E-state index in [2.05, 4.69) is 19.9 Å². The van der Waals surface area contributed by atoms with Gasteiger partial charge in [-0.1, -0.05) is 18.2 Å². The van der Waals surface area contributed by atoms with Crippen LogP contribution in [0.3, 0.4) is 0 Å². The number of alkyl halides is 3. The first-order valence-corrected chi connectivity index (χ1v) is 8.98. The molecule has 0 unspecified atom stereocenters. The Hall–Kier alpha value is -3.62. The maximum atomic E-state index is 12.3. The molecule has 0 bridgehead atoms. The maximum absolute atomic E-state index is 12.3. The highest BCUT2D eigenvalue weighted by Crippen LogP contribution is 2.31. The average molecular weight is 415 g/mol. The molecule has 0 spiro atoms. The van der Waals surface area contributed by atoms with E-state index in [-0.39, 0.29) is 12.4 Å². The van der Waals surface area contributed by atoms with Crippen molar-refractivity contribution in [2.75, 3.05) is 13.2 Å². The first-order chi connectivity index (χ1) is 14.4. The van der Waals surface area contributed by atoms with Crippen LogP contribution in [0.2, 0.25) is 0 Å². The Balaban J connectivity index is 1.54. The third-order valence-corrected chi connectivity index (χ3v) is 4.25. The van der Waals surface area contributed by atoms with Gasteiger partial charge in [0.1, 0.15) is 12.4 Å². The minimum atomic E-state index is -4.73. The van der Waals surface area contributed by atoms with Crippen molar-refractivity contribution in [2.45, 2.75) is 13.3 Å². The zero-order chi connectivity index (χ0) is 21.1. The Morgan fingerprint density at radius 1 is 1.07 bits per heavy atom. The van der Waals surface area contributed by atoms with Crippen molar-refractivity contribution >= 4 is 22.9 Å². The van der Waals surface area contributed by atoms with Crippen LogP contribution in [0.15, 0.2) is 68.7 Å². The van der Waals surface area contributed by atoms with E-state index in [9.17, 15) is 13.2 Å². The third kappa shape index (κ3) is 4.68. The Bertz CT molecular complexity index is 1150. The Kier molecular flexibility index (Phi) is 5.26. The molecule has 30 heavy (non-hydrogen) atoms. The SMILES string of the molecule is CC1=CN=C(COc2noc3ccc(-c4ccc(OC(F)(F)F)cc4)cc23)C=NC1. The molecule has 4 rings (SSSR count). The van der Waals surface area contributed by atoms with Crippen LogP contribution >= 0.6 is 0 Å². The summed E-state index contributed by atoms with van der Waals surface area (Å²) in [6.07, 6.45) is -1.32. The highest BCUT2D eigenvalue weighted by Gasteiger charge is 2.31. The van der Waals surface area contributed by atoms with Gasteiger partial charge in [0, 0.05) is 12.4 Å². The summed E-state index contributed by atoms with van der Waals surface area (Å²) in [4.78, 5) is 8.56. The van der Waals surface area contributed by atoms with Crippen LogP contribution in [-0.2, 0) is 0 Å². The van der Waals surface area contributed by atoms with Gasteiger partial charge in [-0.15, -0.1) is 13.2 Å². The monoisotopic (exact) mass is 415 g/mol. The molecule has 0 radical (unpaired) electrons. The first kappa shape index (κ1) is 19.7. The average Bonchev–Trinajstić information content (AvgIpc) is 2.99. The molecular formula is C21H16F3N3O3. The number of fused-ring (bicyclic) bond motifs is 1. The molecule has 154 valence electrons. The topological polar surface area (TPSA) is 69.2 Å². The molecule has 2 heterocycles. The van der Waals surface area contributed by atoms with E-state index < -0.39 is 6.36 Å². The van der Waals surface area contributed by atoms with Gasteiger partial charge in [0.05, 0.1) is 17.6 Å². The fourth-order valence-electron chi connectivity index (χ4n) is 2.83. The first-order valence-electron chi connectivity index (χ1n) is 8.98. The van der Waals surface area contributed by atoms with Crippen molar-refractivity contribution in [3.05, 3.63) is 54.2 Å². The van der Waals surface area contributed by atoms with Gasteiger partial charge < -0.3 is 14.0 Å². The minimum absolute atomic E-state index is 0.169. The normalized spacial score (nSPS) is 14.3. The van der Waals surface area contributed by atoms with Crippen LogP contribution in [0.1, 0.15) is 6.92 Å². The quantitative estimate of drug-likeness (QED) is 0.574. The van der Waals surface area contributed by atoms with Crippen LogP contribution in [0.25, 0.3) is 22.1 Å². The van der Waals surface area contributed by atoms with E-state index in [4.69, 9.17) is 9.26 Å². The summed E-state index contributed by atoms with van der Waals surface area (Å²) in [5, 5.41) is 4.59. The van der Waals surface area contributed by atoms with E-state index in [1.165, 1.54) is 12.1 Å². The standard InChI is InChI=1S/C21H16F3N3O3/c1-13-9-25-11-16(26-10-13)12-28-20-18-8-15(4-7-19(18)30-27-20)14-2-5-17(6-3-14)29-21(22,23)24/h2-8,10-11H,9,12H2,1H3. The molecule has 1 aliphatic heterocycles. The molecule has 0 atom stereocenters. The molecular weight excluding hydrogens is 399 g/mol. The summed E-state index contributed by atoms with van der Waals surface area (Å²) in [7, 11) is 0. The summed E-state index contributed by atoms with van der Waals surface area (Å²) in [6.45, 7) is 2.71. The summed E-state index contributed by atoms with van der Waals surface area (Å²) in [5.74, 6) is 0.0152. The number of benzene rings is 2. The van der Waals surface area contributed by atoms with Crippen LogP contribution in [0.5, 0.6) is 11.6 Å². The van der Waals surface area contributed by atoms with Gasteiger partial charge in [-0.05, 0) is 53.0 Å². The van der Waals surface area contributed by atoms with Crippen molar-refractivity contribution in [3.63, 3.8) is 0 Å². The summed E-state index contributed by atoms with van der Waals surface area (Å²) < 4.78 is 51.9. The lowest BCUT2D eigenvalue weighted by Gasteiger charge is -2.09. The van der Waals surface area contributed by atoms with Crippen molar-refractivity contribution in [3.8, 4) is 22.8 Å². The Labute approximate surface area is 169 Å². The molecule has 3 aromatic rings. The molecule has 0 fully saturated rings. The van der Waals surface area contributed by atoms with E-state index in [0.717, 1.165) is 11.1 Å². The number of hydrogen-bond acceptors (Lipinski definition) is 6. The van der Waals surface area contributed by atoms with Gasteiger partial charge in [0.15, 0.2) is 5.58 Å². The van der Waals surface area contributed by atoms with Crippen LogP contribution in [-0.4, -0.2) is 36.6 Å². The Morgan fingerprint density at radius 2 is 1.83 bits per heavy atom. The predicted molar refractivity (Wildman–Crippen MR) is 106 cm³/mol. The molecule has 0 N–H and O–H groups in total. The van der Waals surface area contributed by atoms with E-state index in [1.54, 1.807) is 42.7 Å². The molecule has 2 aromatic carbocycles. The minimum Gasteiger partial charge on any atom is -0.468 e. The smallest absolute Gasteiger partial charge is 0.468 e. The zero-order valence-corrected chi connectivity index (χ0v) is 15.8. The number of ether oxygens (including phenoxy) is 2. The second-order valence-corrected chi connectivity index (χ2v) is 6.63. The van der Waals surface area contributed by atoms with Gasteiger partial charge >= 0.3 is 6.36 Å². The van der Waals surface area contributed by atoms with Gasteiger partial charge in [0.25, 0.3) is 5.88 Å². The van der Waals surface area contributed by atoms with E-state index in [0.29, 0.717) is 34.7 Å². The van der Waals surface area contributed by atoms with Gasteiger partial charge in [-0.25, -0.2) is 0 Å². The summed E-state index contributed by atoms with van der Waals surface area (Å²) in [6, 6.07) is 10.9. The number of rotatable bonds is 5. The lowest BCUT2D eigenvalue weighted by Crippen LogP contribution is -2.16. The fraction of sp³-hybridized carbons (Fsp3) is 0.190. The molecule has 1 aromatic heterocycles. The third-order valence-electron chi connectivity index (χ3n) is 4.25. The van der Waals surface area contributed by atoms with Crippen LogP contribution in [0.4, 0.5) is 13.2 Å². The number of halogens is 3. The number of aromatic nitrogens is 1. The maximum Gasteiger partial charge on any atom is 0.573 e. The van der Waals surface area contributed by atoms with Gasteiger partial charge in [-0.3, -0.25) is 9.98 Å². The molecule has 6 nitrogen and oxygen atoms in total. The number of hydrogen-bond donors (Lipinski definition) is 0. The second kappa shape index (κ2) is 8.02. The molecule has 9 heteroatoms. The molecule has 0 aliphatic carbocycles. The highest BCUT2D eigenvalue weighted by atomic mass is 19.4. The summed E-state index contributed by atoms with van der Waals surface area (Å²) in [5.41, 5.74) is 3.70. The van der Waals surface area contributed by atoms with Crippen molar-refractivity contribution in [1.82, 2.24) is 5.16 Å². The van der Waals surface area contributed by atoms with Crippen molar-refractivity contribution in [2.24, 2.45) is 9.98 Å². The molecule has 0 saturated carbocycles. The second-order valence-electron chi connectivity index (χ2n) is 6.63.